The van der Waals surface area contributed by atoms with Crippen molar-refractivity contribution in [2.75, 3.05) is 0 Å². The zero-order valence-electron chi connectivity index (χ0n) is 13.4. The van der Waals surface area contributed by atoms with Crippen LogP contribution in [-0.2, 0) is 16.1 Å². The summed E-state index contributed by atoms with van der Waals surface area (Å²) < 4.78 is 31.6. The lowest BCUT2D eigenvalue weighted by Crippen LogP contribution is -2.58. The normalized spacial score (nSPS) is 20.0. The first-order chi connectivity index (χ1) is 11.2. The molecule has 0 unspecified atom stereocenters. The highest BCUT2D eigenvalue weighted by Crippen LogP contribution is 2.40. The monoisotopic (exact) mass is 341 g/mol. The number of hydrogen-bond donors (Lipinski definition) is 2. The van der Waals surface area contributed by atoms with Gasteiger partial charge in [0.15, 0.2) is 0 Å². The van der Waals surface area contributed by atoms with E-state index in [-0.39, 0.29) is 32.3 Å². The van der Waals surface area contributed by atoms with Gasteiger partial charge in [-0.25, -0.2) is 18.4 Å². The molecule has 1 aromatic rings. The lowest BCUT2D eigenvalue weighted by atomic mass is 9.74. The molecular weight excluding hydrogens is 320 g/mol. The maximum atomic E-state index is 13.3. The van der Waals surface area contributed by atoms with Crippen molar-refractivity contribution in [1.29, 1.82) is 0 Å². The molecule has 1 aliphatic carbocycles. The molecule has 1 atom stereocenters. The van der Waals surface area contributed by atoms with Gasteiger partial charge in [0.2, 0.25) is 5.92 Å². The van der Waals surface area contributed by atoms with E-state index < -0.39 is 29.4 Å². The molecule has 0 bridgehead atoms. The van der Waals surface area contributed by atoms with Crippen molar-refractivity contribution in [3.63, 3.8) is 0 Å². The summed E-state index contributed by atoms with van der Waals surface area (Å²) in [4.78, 5) is 23.6. The Hall–Kier alpha value is -2.18. The van der Waals surface area contributed by atoms with E-state index in [1.54, 1.807) is 24.3 Å². The second-order valence-corrected chi connectivity index (χ2v) is 6.32. The Balaban J connectivity index is 1.97. The topological polar surface area (TPSA) is 75.6 Å². The smallest absolute Gasteiger partial charge is 0.408 e. The molecule has 132 valence electrons. The molecule has 0 radical (unpaired) electrons. The van der Waals surface area contributed by atoms with E-state index >= 15 is 0 Å². The minimum atomic E-state index is -2.76. The molecule has 1 aromatic carbocycles. The molecule has 1 amide bonds. The molecule has 2 rings (SSSR count). The summed E-state index contributed by atoms with van der Waals surface area (Å²) in [5, 5.41) is 11.8. The van der Waals surface area contributed by atoms with Gasteiger partial charge in [0.25, 0.3) is 0 Å². The molecule has 24 heavy (non-hydrogen) atoms. The Bertz CT molecular complexity index is 584. The number of ether oxygens (including phenoxy) is 1. The summed E-state index contributed by atoms with van der Waals surface area (Å²) >= 11 is 0. The van der Waals surface area contributed by atoms with Crippen molar-refractivity contribution in [3.05, 3.63) is 35.9 Å². The van der Waals surface area contributed by atoms with Crippen molar-refractivity contribution < 1.29 is 28.2 Å². The van der Waals surface area contributed by atoms with Crippen LogP contribution in [0.4, 0.5) is 13.6 Å². The van der Waals surface area contributed by atoms with Gasteiger partial charge in [-0.2, -0.15) is 0 Å². The third kappa shape index (κ3) is 4.43. The fourth-order valence-electron chi connectivity index (χ4n) is 2.92. The van der Waals surface area contributed by atoms with E-state index in [1.807, 2.05) is 6.07 Å². The van der Waals surface area contributed by atoms with Crippen molar-refractivity contribution in [3.8, 4) is 0 Å². The number of alkyl halides is 2. The first-order valence-electron chi connectivity index (χ1n) is 7.83. The van der Waals surface area contributed by atoms with Crippen LogP contribution in [-0.4, -0.2) is 28.6 Å². The Labute approximate surface area is 139 Å². The number of carbonyl (C=O) groups excluding carboxylic acids is 1. The van der Waals surface area contributed by atoms with Crippen LogP contribution in [0.5, 0.6) is 0 Å². The molecule has 2 N–H and O–H groups in total. The van der Waals surface area contributed by atoms with Gasteiger partial charge in [-0.15, -0.1) is 0 Å². The van der Waals surface area contributed by atoms with Gasteiger partial charge < -0.3 is 15.2 Å². The minimum absolute atomic E-state index is 0.00507. The maximum Gasteiger partial charge on any atom is 0.408 e. The highest BCUT2D eigenvalue weighted by atomic mass is 19.3. The van der Waals surface area contributed by atoms with Crippen LogP contribution in [0.15, 0.2) is 30.3 Å². The Morgan fingerprint density at radius 1 is 1.29 bits per heavy atom. The largest absolute Gasteiger partial charge is 0.480 e. The van der Waals surface area contributed by atoms with Crippen LogP contribution in [0.2, 0.25) is 0 Å². The molecule has 1 fully saturated rings. The zero-order valence-corrected chi connectivity index (χ0v) is 13.4. The van der Waals surface area contributed by atoms with Gasteiger partial charge in [0, 0.05) is 12.8 Å². The van der Waals surface area contributed by atoms with E-state index in [0.29, 0.717) is 0 Å². The third-order valence-corrected chi connectivity index (χ3v) is 4.55. The van der Waals surface area contributed by atoms with E-state index in [2.05, 4.69) is 5.32 Å². The lowest BCUT2D eigenvalue weighted by Gasteiger charge is -2.38. The standard InChI is InChI=1S/C17H21F2NO4/c1-16(14(21)22,13-7-9-17(18,19)10-8-13)20-15(23)24-11-12-5-3-2-4-6-12/h2-6,13H,7-11H2,1H3,(H,20,23)(H,21,22)/t16-/m0/s1. The molecule has 5 nitrogen and oxygen atoms in total. The third-order valence-electron chi connectivity index (χ3n) is 4.55. The second kappa shape index (κ2) is 7.15. The average molecular weight is 341 g/mol. The van der Waals surface area contributed by atoms with Crippen LogP contribution >= 0.6 is 0 Å². The first kappa shape index (κ1) is 18.2. The highest BCUT2D eigenvalue weighted by molar-refractivity contribution is 5.84. The maximum absolute atomic E-state index is 13.3. The second-order valence-electron chi connectivity index (χ2n) is 6.32. The minimum Gasteiger partial charge on any atom is -0.480 e. The van der Waals surface area contributed by atoms with Gasteiger partial charge in [0.05, 0.1) is 0 Å². The van der Waals surface area contributed by atoms with Crippen molar-refractivity contribution in [2.45, 2.75) is 50.7 Å². The SMILES string of the molecule is C[C@@](NC(=O)OCc1ccccc1)(C(=O)O)C1CCC(F)(F)CC1. The molecule has 0 aliphatic heterocycles. The van der Waals surface area contributed by atoms with E-state index in [1.165, 1.54) is 6.92 Å². The number of carbonyl (C=O) groups is 2. The molecule has 0 aromatic heterocycles. The van der Waals surface area contributed by atoms with E-state index in [9.17, 15) is 23.5 Å². The predicted molar refractivity (Wildman–Crippen MR) is 82.7 cm³/mol. The number of amides is 1. The molecule has 0 saturated heterocycles. The molecule has 0 heterocycles. The van der Waals surface area contributed by atoms with Crippen LogP contribution in [0.1, 0.15) is 38.2 Å². The number of benzene rings is 1. The quantitative estimate of drug-likeness (QED) is 0.858. The predicted octanol–water partition coefficient (Wildman–Crippen LogP) is 3.58. The number of alkyl carbamates (subject to hydrolysis) is 1. The van der Waals surface area contributed by atoms with Gasteiger partial charge in [0.1, 0.15) is 12.1 Å². The summed E-state index contributed by atoms with van der Waals surface area (Å²) in [6.45, 7) is 1.35. The van der Waals surface area contributed by atoms with Gasteiger partial charge in [-0.3, -0.25) is 0 Å². The van der Waals surface area contributed by atoms with Crippen molar-refractivity contribution in [2.24, 2.45) is 5.92 Å². The summed E-state index contributed by atoms with van der Waals surface area (Å²) in [6.07, 6.45) is -1.55. The number of halogens is 2. The molecule has 0 spiro atoms. The molecule has 1 aliphatic rings. The van der Waals surface area contributed by atoms with Gasteiger partial charge >= 0.3 is 12.1 Å². The van der Waals surface area contributed by atoms with Crippen LogP contribution < -0.4 is 5.32 Å². The number of rotatable bonds is 5. The lowest BCUT2D eigenvalue weighted by molar-refractivity contribution is -0.149. The average Bonchev–Trinajstić information content (AvgIpc) is 2.53. The summed E-state index contributed by atoms with van der Waals surface area (Å²) in [6, 6.07) is 8.95. The van der Waals surface area contributed by atoms with E-state index in [4.69, 9.17) is 4.74 Å². The fourth-order valence-corrected chi connectivity index (χ4v) is 2.92. The van der Waals surface area contributed by atoms with Crippen LogP contribution in [0.25, 0.3) is 0 Å². The summed E-state index contributed by atoms with van der Waals surface area (Å²) in [7, 11) is 0. The van der Waals surface area contributed by atoms with Gasteiger partial charge in [-0.1, -0.05) is 30.3 Å². The summed E-state index contributed by atoms with van der Waals surface area (Å²) in [5.74, 6) is -4.59. The fraction of sp³-hybridized carbons (Fsp3) is 0.529. The number of aliphatic carboxylic acids is 1. The van der Waals surface area contributed by atoms with E-state index in [0.717, 1.165) is 5.56 Å². The Morgan fingerprint density at radius 2 is 1.88 bits per heavy atom. The van der Waals surface area contributed by atoms with Crippen molar-refractivity contribution in [1.82, 2.24) is 5.32 Å². The Kier molecular flexibility index (Phi) is 5.41. The number of hydrogen-bond acceptors (Lipinski definition) is 3. The van der Waals surface area contributed by atoms with Crippen LogP contribution in [0.3, 0.4) is 0 Å². The van der Waals surface area contributed by atoms with Gasteiger partial charge in [-0.05, 0) is 31.2 Å². The number of carboxylic acid groups (broad SMARTS) is 1. The zero-order chi connectivity index (χ0) is 17.8. The van der Waals surface area contributed by atoms with Crippen LogP contribution in [0, 0.1) is 5.92 Å². The Morgan fingerprint density at radius 3 is 2.42 bits per heavy atom. The highest BCUT2D eigenvalue weighted by Gasteiger charge is 2.48. The molecule has 7 heteroatoms. The molecule has 1 saturated carbocycles. The first-order valence-corrected chi connectivity index (χ1v) is 7.83. The number of carboxylic acids is 1. The molecular formula is C17H21F2NO4. The van der Waals surface area contributed by atoms with Crippen molar-refractivity contribution >= 4 is 12.1 Å². The number of nitrogens with one attached hydrogen (secondary N) is 1. The summed E-state index contributed by atoms with van der Waals surface area (Å²) in [5.41, 5.74) is -0.869.